The summed E-state index contributed by atoms with van der Waals surface area (Å²) in [7, 11) is 0. The van der Waals surface area contributed by atoms with Gasteiger partial charge in [0.1, 0.15) is 0 Å². The van der Waals surface area contributed by atoms with E-state index in [9.17, 15) is 0 Å². The van der Waals surface area contributed by atoms with Gasteiger partial charge in [0.2, 0.25) is 0 Å². The molecule has 1 aliphatic heterocycles. The van der Waals surface area contributed by atoms with E-state index in [1.165, 1.54) is 36.3 Å². The fourth-order valence-corrected chi connectivity index (χ4v) is 4.78. The van der Waals surface area contributed by atoms with Gasteiger partial charge in [-0.1, -0.05) is 36.8 Å². The standard InChI is InChI=1S/C13H18S2/c1-13(12-8-4-2-5-9-12)14-10-6-3-7-11-15-13/h2,4-5,8-9H,3,6-7,10-11H2,1H3. The van der Waals surface area contributed by atoms with Gasteiger partial charge in [0.05, 0.1) is 4.08 Å². The van der Waals surface area contributed by atoms with Gasteiger partial charge in [0.25, 0.3) is 0 Å². The van der Waals surface area contributed by atoms with E-state index in [0.29, 0.717) is 0 Å². The SMILES string of the molecule is CC1(c2ccccc2)SCCCCCS1. The number of thioether (sulfide) groups is 2. The van der Waals surface area contributed by atoms with Gasteiger partial charge in [-0.25, -0.2) is 0 Å². The van der Waals surface area contributed by atoms with Crippen molar-refractivity contribution in [3.05, 3.63) is 35.9 Å². The molecule has 0 bridgehead atoms. The molecule has 0 nitrogen and oxygen atoms in total. The molecule has 82 valence electrons. The molecule has 0 atom stereocenters. The zero-order valence-electron chi connectivity index (χ0n) is 9.24. The van der Waals surface area contributed by atoms with Crippen molar-refractivity contribution in [2.45, 2.75) is 30.3 Å². The van der Waals surface area contributed by atoms with Crippen LogP contribution in [0.15, 0.2) is 30.3 Å². The molecular weight excluding hydrogens is 220 g/mol. The van der Waals surface area contributed by atoms with Crippen molar-refractivity contribution in [2.75, 3.05) is 11.5 Å². The van der Waals surface area contributed by atoms with Crippen LogP contribution in [0.3, 0.4) is 0 Å². The number of hydrogen-bond donors (Lipinski definition) is 0. The van der Waals surface area contributed by atoms with Crippen LogP contribution in [-0.2, 0) is 4.08 Å². The molecule has 1 heterocycles. The van der Waals surface area contributed by atoms with Crippen molar-refractivity contribution >= 4 is 23.5 Å². The second-order valence-corrected chi connectivity index (χ2v) is 7.35. The summed E-state index contributed by atoms with van der Waals surface area (Å²) >= 11 is 4.23. The highest BCUT2D eigenvalue weighted by atomic mass is 32.2. The largest absolute Gasteiger partial charge is 0.140 e. The number of rotatable bonds is 1. The molecule has 0 aromatic heterocycles. The van der Waals surface area contributed by atoms with Gasteiger partial charge in [-0.2, -0.15) is 0 Å². The first-order chi connectivity index (χ1) is 7.31. The molecule has 2 rings (SSSR count). The van der Waals surface area contributed by atoms with E-state index in [4.69, 9.17) is 0 Å². The van der Waals surface area contributed by atoms with Crippen LogP contribution >= 0.6 is 23.5 Å². The highest BCUT2D eigenvalue weighted by Crippen LogP contribution is 2.47. The number of benzene rings is 1. The summed E-state index contributed by atoms with van der Waals surface area (Å²) in [5, 5.41) is 0. The van der Waals surface area contributed by atoms with E-state index in [1.54, 1.807) is 0 Å². The van der Waals surface area contributed by atoms with Gasteiger partial charge in [0, 0.05) is 0 Å². The highest BCUT2D eigenvalue weighted by molar-refractivity contribution is 8.17. The van der Waals surface area contributed by atoms with Crippen LogP contribution in [0, 0.1) is 0 Å². The molecular formula is C13H18S2. The molecule has 2 heteroatoms. The van der Waals surface area contributed by atoms with Crippen LogP contribution in [0.5, 0.6) is 0 Å². The lowest BCUT2D eigenvalue weighted by molar-refractivity contribution is 0.774. The van der Waals surface area contributed by atoms with Crippen LogP contribution in [0.2, 0.25) is 0 Å². The molecule has 0 saturated carbocycles. The summed E-state index contributed by atoms with van der Waals surface area (Å²) in [5.74, 6) is 2.61. The van der Waals surface area contributed by atoms with Crippen molar-refractivity contribution in [1.82, 2.24) is 0 Å². The maximum Gasteiger partial charge on any atom is 0.0832 e. The average Bonchev–Trinajstić information content (AvgIpc) is 2.25. The fraction of sp³-hybridized carbons (Fsp3) is 0.538. The molecule has 0 spiro atoms. The van der Waals surface area contributed by atoms with E-state index in [-0.39, 0.29) is 4.08 Å². The van der Waals surface area contributed by atoms with Crippen LogP contribution in [0.4, 0.5) is 0 Å². The van der Waals surface area contributed by atoms with Gasteiger partial charge in [0.15, 0.2) is 0 Å². The van der Waals surface area contributed by atoms with Gasteiger partial charge < -0.3 is 0 Å². The molecule has 0 aliphatic carbocycles. The van der Waals surface area contributed by atoms with Crippen molar-refractivity contribution in [2.24, 2.45) is 0 Å². The summed E-state index contributed by atoms with van der Waals surface area (Å²) in [6.07, 6.45) is 4.17. The Labute approximate surface area is 101 Å². The Morgan fingerprint density at radius 3 is 2.13 bits per heavy atom. The summed E-state index contributed by atoms with van der Waals surface area (Å²) in [6, 6.07) is 10.9. The molecule has 1 fully saturated rings. The maximum atomic E-state index is 2.38. The first kappa shape index (κ1) is 11.4. The van der Waals surface area contributed by atoms with Gasteiger partial charge in [-0.05, 0) is 36.8 Å². The minimum atomic E-state index is 0.279. The molecule has 0 amide bonds. The molecule has 0 N–H and O–H groups in total. The van der Waals surface area contributed by atoms with Crippen molar-refractivity contribution in [1.29, 1.82) is 0 Å². The Morgan fingerprint density at radius 1 is 0.933 bits per heavy atom. The zero-order valence-corrected chi connectivity index (χ0v) is 10.9. The summed E-state index contributed by atoms with van der Waals surface area (Å²) in [4.78, 5) is 0. The second kappa shape index (κ2) is 5.31. The van der Waals surface area contributed by atoms with Crippen molar-refractivity contribution < 1.29 is 0 Å². The summed E-state index contributed by atoms with van der Waals surface area (Å²) in [6.45, 7) is 2.38. The second-order valence-electron chi connectivity index (χ2n) is 4.07. The quantitative estimate of drug-likeness (QED) is 0.706. The Hall–Kier alpha value is -0.0800. The monoisotopic (exact) mass is 238 g/mol. The lowest BCUT2D eigenvalue weighted by Gasteiger charge is -2.30. The minimum Gasteiger partial charge on any atom is -0.140 e. The van der Waals surface area contributed by atoms with E-state index in [2.05, 4.69) is 60.8 Å². The van der Waals surface area contributed by atoms with Crippen molar-refractivity contribution in [3.8, 4) is 0 Å². The lowest BCUT2D eigenvalue weighted by Crippen LogP contribution is -2.15. The zero-order chi connectivity index (χ0) is 10.6. The molecule has 1 aliphatic rings. The average molecular weight is 238 g/mol. The van der Waals surface area contributed by atoms with Crippen LogP contribution < -0.4 is 0 Å². The third-order valence-electron chi connectivity index (χ3n) is 2.84. The van der Waals surface area contributed by atoms with Crippen molar-refractivity contribution in [3.63, 3.8) is 0 Å². The van der Waals surface area contributed by atoms with Gasteiger partial charge >= 0.3 is 0 Å². The molecule has 0 unspecified atom stereocenters. The van der Waals surface area contributed by atoms with E-state index in [1.807, 2.05) is 0 Å². The third-order valence-corrected chi connectivity index (χ3v) is 6.11. The maximum absolute atomic E-state index is 2.38. The smallest absolute Gasteiger partial charge is 0.0832 e. The Bertz CT molecular complexity index is 287. The summed E-state index contributed by atoms with van der Waals surface area (Å²) < 4.78 is 0.279. The van der Waals surface area contributed by atoms with E-state index < -0.39 is 0 Å². The molecule has 0 radical (unpaired) electrons. The van der Waals surface area contributed by atoms with E-state index in [0.717, 1.165) is 0 Å². The Kier molecular flexibility index (Phi) is 4.04. The first-order valence-electron chi connectivity index (χ1n) is 5.65. The molecule has 1 saturated heterocycles. The molecule has 1 aromatic carbocycles. The van der Waals surface area contributed by atoms with Crippen LogP contribution in [0.25, 0.3) is 0 Å². The molecule has 15 heavy (non-hydrogen) atoms. The van der Waals surface area contributed by atoms with Crippen LogP contribution in [0.1, 0.15) is 31.7 Å². The first-order valence-corrected chi connectivity index (χ1v) is 7.62. The molecule has 1 aromatic rings. The topological polar surface area (TPSA) is 0 Å². The predicted octanol–water partition coefficient (Wildman–Crippen LogP) is 4.51. The third kappa shape index (κ3) is 2.94. The summed E-state index contributed by atoms with van der Waals surface area (Å²) in [5.41, 5.74) is 1.47. The predicted molar refractivity (Wildman–Crippen MR) is 72.6 cm³/mol. The lowest BCUT2D eigenvalue weighted by atomic mass is 10.2. The normalized spacial score (nSPS) is 21.7. The highest BCUT2D eigenvalue weighted by Gasteiger charge is 2.27. The van der Waals surface area contributed by atoms with E-state index >= 15 is 0 Å². The minimum absolute atomic E-state index is 0.279. The van der Waals surface area contributed by atoms with Gasteiger partial charge in [-0.3, -0.25) is 0 Å². The Morgan fingerprint density at radius 2 is 1.53 bits per heavy atom. The van der Waals surface area contributed by atoms with Gasteiger partial charge in [-0.15, -0.1) is 23.5 Å². The van der Waals surface area contributed by atoms with Crippen LogP contribution in [-0.4, -0.2) is 11.5 Å². The Balaban J connectivity index is 2.15. The fourth-order valence-electron chi connectivity index (χ4n) is 1.86. The number of hydrogen-bond acceptors (Lipinski definition) is 2.